The van der Waals surface area contributed by atoms with Gasteiger partial charge in [0.25, 0.3) is 0 Å². The molecule has 2 aromatic rings. The predicted octanol–water partition coefficient (Wildman–Crippen LogP) is 2.40. The first kappa shape index (κ1) is 23.1. The Bertz CT molecular complexity index is 1150. The summed E-state index contributed by atoms with van der Waals surface area (Å²) < 4.78 is 38.2. The van der Waals surface area contributed by atoms with Crippen LogP contribution in [-0.4, -0.2) is 62.8 Å². The second-order valence-electron chi connectivity index (χ2n) is 8.11. The predicted molar refractivity (Wildman–Crippen MR) is 122 cm³/mol. The van der Waals surface area contributed by atoms with Gasteiger partial charge in [0.1, 0.15) is 13.2 Å². The van der Waals surface area contributed by atoms with E-state index in [2.05, 4.69) is 5.32 Å². The first-order chi connectivity index (χ1) is 15.8. The largest absolute Gasteiger partial charge is 0.486 e. The van der Waals surface area contributed by atoms with Crippen LogP contribution < -0.4 is 14.8 Å². The van der Waals surface area contributed by atoms with Gasteiger partial charge in [-0.1, -0.05) is 6.07 Å². The molecule has 2 aromatic carbocycles. The van der Waals surface area contributed by atoms with E-state index in [9.17, 15) is 18.0 Å². The van der Waals surface area contributed by atoms with Crippen molar-refractivity contribution in [2.45, 2.75) is 30.7 Å². The van der Waals surface area contributed by atoms with Gasteiger partial charge in [0, 0.05) is 26.2 Å². The number of amides is 2. The second kappa shape index (κ2) is 9.40. The number of carbonyl (C=O) groups is 2. The summed E-state index contributed by atoms with van der Waals surface area (Å²) in [4.78, 5) is 26.0. The molecule has 1 saturated heterocycles. The Balaban J connectivity index is 1.46. The Morgan fingerprint density at radius 1 is 1.09 bits per heavy atom. The molecule has 2 aliphatic heterocycles. The molecule has 10 heteroatoms. The van der Waals surface area contributed by atoms with E-state index in [0.717, 1.165) is 22.7 Å². The summed E-state index contributed by atoms with van der Waals surface area (Å²) in [6.07, 6.45) is 1.64. The third-order valence-electron chi connectivity index (χ3n) is 5.76. The number of nitrogens with zero attached hydrogens (tertiary/aromatic N) is 2. The van der Waals surface area contributed by atoms with Gasteiger partial charge < -0.3 is 19.7 Å². The number of likely N-dealkylation sites (tertiary alicyclic amines) is 1. The molecule has 2 aliphatic rings. The number of sulfonamides is 1. The molecule has 1 fully saturated rings. The molecular formula is C23H27N3O6S. The molecule has 1 N–H and O–H groups in total. The molecule has 0 radical (unpaired) electrons. The molecule has 0 spiro atoms. The number of hydrogen-bond donors (Lipinski definition) is 1. The topological polar surface area (TPSA) is 105 Å². The molecule has 1 unspecified atom stereocenters. The van der Waals surface area contributed by atoms with Gasteiger partial charge in [-0.25, -0.2) is 8.42 Å². The van der Waals surface area contributed by atoms with E-state index in [1.807, 2.05) is 18.2 Å². The van der Waals surface area contributed by atoms with Crippen molar-refractivity contribution in [2.75, 3.05) is 38.7 Å². The number of rotatable bonds is 6. The summed E-state index contributed by atoms with van der Waals surface area (Å²) in [7, 11) is -2.47. The maximum absolute atomic E-state index is 13.1. The van der Waals surface area contributed by atoms with Crippen LogP contribution >= 0.6 is 0 Å². The highest BCUT2D eigenvalue weighted by molar-refractivity contribution is 7.89. The molecule has 4 rings (SSSR count). The quantitative estimate of drug-likeness (QED) is 0.691. The highest BCUT2D eigenvalue weighted by Gasteiger charge is 2.33. The zero-order chi connectivity index (χ0) is 23.6. The van der Waals surface area contributed by atoms with Gasteiger partial charge in [0.2, 0.25) is 21.8 Å². The first-order valence-corrected chi connectivity index (χ1v) is 12.2. The van der Waals surface area contributed by atoms with Crippen LogP contribution in [0.4, 0.5) is 5.69 Å². The fourth-order valence-electron chi connectivity index (χ4n) is 4.14. The van der Waals surface area contributed by atoms with Crippen LogP contribution in [0.5, 0.6) is 11.5 Å². The van der Waals surface area contributed by atoms with Crippen molar-refractivity contribution in [1.82, 2.24) is 9.21 Å². The Hall–Kier alpha value is -3.11. The minimum absolute atomic E-state index is 0.0525. The van der Waals surface area contributed by atoms with Gasteiger partial charge in [-0.05, 0) is 54.8 Å². The smallest absolute Gasteiger partial charge is 0.243 e. The number of hydrogen-bond acceptors (Lipinski definition) is 6. The van der Waals surface area contributed by atoms with Crippen molar-refractivity contribution >= 4 is 27.5 Å². The number of benzene rings is 2. The SMILES string of the molecule is CC(=O)Nc1ccc(S(=O)(=O)N(C)CC(=O)N2CCCC2c2ccc3c(c2)OCCO3)cc1. The minimum atomic E-state index is -3.87. The zero-order valence-corrected chi connectivity index (χ0v) is 19.4. The summed E-state index contributed by atoms with van der Waals surface area (Å²) in [5.41, 5.74) is 1.45. The van der Waals surface area contributed by atoms with Gasteiger partial charge in [0.15, 0.2) is 11.5 Å². The van der Waals surface area contributed by atoms with Crippen molar-refractivity contribution in [3.05, 3.63) is 48.0 Å². The molecule has 0 saturated carbocycles. The Morgan fingerprint density at radius 2 is 1.79 bits per heavy atom. The average molecular weight is 474 g/mol. The van der Waals surface area contributed by atoms with Gasteiger partial charge in [-0.2, -0.15) is 4.31 Å². The normalized spacial score (nSPS) is 17.8. The van der Waals surface area contributed by atoms with Crippen LogP contribution in [0, 0.1) is 0 Å². The van der Waals surface area contributed by atoms with E-state index in [1.54, 1.807) is 4.90 Å². The lowest BCUT2D eigenvalue weighted by molar-refractivity contribution is -0.132. The number of carbonyl (C=O) groups excluding carboxylic acids is 2. The monoisotopic (exact) mass is 473 g/mol. The average Bonchev–Trinajstić information content (AvgIpc) is 3.29. The Labute approximate surface area is 193 Å². The fourth-order valence-corrected chi connectivity index (χ4v) is 5.26. The van der Waals surface area contributed by atoms with Crippen molar-refractivity contribution < 1.29 is 27.5 Å². The Kier molecular flexibility index (Phi) is 6.57. The maximum atomic E-state index is 13.1. The third kappa shape index (κ3) is 4.96. The molecular weight excluding hydrogens is 446 g/mol. The summed E-state index contributed by atoms with van der Waals surface area (Å²) in [5.74, 6) is 0.858. The van der Waals surface area contributed by atoms with Gasteiger partial charge in [-0.15, -0.1) is 0 Å². The molecule has 1 atom stereocenters. The zero-order valence-electron chi connectivity index (χ0n) is 18.6. The summed E-state index contributed by atoms with van der Waals surface area (Å²) in [6, 6.07) is 11.4. The van der Waals surface area contributed by atoms with E-state index >= 15 is 0 Å². The lowest BCUT2D eigenvalue weighted by Gasteiger charge is -2.28. The molecule has 0 aliphatic carbocycles. The van der Waals surface area contributed by atoms with Crippen molar-refractivity contribution in [2.24, 2.45) is 0 Å². The van der Waals surface area contributed by atoms with Crippen LogP contribution in [-0.2, 0) is 19.6 Å². The van der Waals surface area contributed by atoms with E-state index in [-0.39, 0.29) is 29.3 Å². The number of anilines is 1. The molecule has 33 heavy (non-hydrogen) atoms. The lowest BCUT2D eigenvalue weighted by Crippen LogP contribution is -2.40. The number of ether oxygens (including phenoxy) is 2. The summed E-state index contributed by atoms with van der Waals surface area (Å²) in [6.45, 7) is 2.67. The molecule has 0 aromatic heterocycles. The number of fused-ring (bicyclic) bond motifs is 1. The number of likely N-dealkylation sites (N-methyl/N-ethyl adjacent to an activating group) is 1. The van der Waals surface area contributed by atoms with E-state index in [1.165, 1.54) is 38.2 Å². The van der Waals surface area contributed by atoms with E-state index < -0.39 is 10.0 Å². The maximum Gasteiger partial charge on any atom is 0.243 e. The molecule has 2 amide bonds. The van der Waals surface area contributed by atoms with E-state index in [0.29, 0.717) is 36.9 Å². The van der Waals surface area contributed by atoms with Crippen LogP contribution in [0.1, 0.15) is 31.4 Å². The van der Waals surface area contributed by atoms with Crippen molar-refractivity contribution in [3.63, 3.8) is 0 Å². The number of nitrogens with one attached hydrogen (secondary N) is 1. The molecule has 0 bridgehead atoms. The Morgan fingerprint density at radius 3 is 2.48 bits per heavy atom. The first-order valence-electron chi connectivity index (χ1n) is 10.8. The van der Waals surface area contributed by atoms with Crippen LogP contribution in [0.15, 0.2) is 47.4 Å². The minimum Gasteiger partial charge on any atom is -0.486 e. The van der Waals surface area contributed by atoms with Crippen LogP contribution in [0.3, 0.4) is 0 Å². The van der Waals surface area contributed by atoms with Crippen molar-refractivity contribution in [1.29, 1.82) is 0 Å². The second-order valence-corrected chi connectivity index (χ2v) is 10.2. The molecule has 2 heterocycles. The van der Waals surface area contributed by atoms with Crippen LogP contribution in [0.2, 0.25) is 0 Å². The lowest BCUT2D eigenvalue weighted by atomic mass is 10.0. The third-order valence-corrected chi connectivity index (χ3v) is 7.58. The summed E-state index contributed by atoms with van der Waals surface area (Å²) in [5, 5.41) is 2.60. The standard InChI is InChI=1S/C23H27N3O6S/c1-16(27)24-18-6-8-19(9-7-18)33(29,30)25(2)15-23(28)26-11-3-4-20(26)17-5-10-21-22(14-17)32-13-12-31-21/h5-10,14,20H,3-4,11-13,15H2,1-2H3,(H,24,27). The molecule has 9 nitrogen and oxygen atoms in total. The summed E-state index contributed by atoms with van der Waals surface area (Å²) >= 11 is 0. The van der Waals surface area contributed by atoms with Crippen LogP contribution in [0.25, 0.3) is 0 Å². The van der Waals surface area contributed by atoms with E-state index in [4.69, 9.17) is 9.47 Å². The van der Waals surface area contributed by atoms with Crippen molar-refractivity contribution in [3.8, 4) is 11.5 Å². The van der Waals surface area contributed by atoms with Gasteiger partial charge >= 0.3 is 0 Å². The highest BCUT2D eigenvalue weighted by atomic mass is 32.2. The van der Waals surface area contributed by atoms with Gasteiger partial charge in [-0.3, -0.25) is 9.59 Å². The van der Waals surface area contributed by atoms with Gasteiger partial charge in [0.05, 0.1) is 17.5 Å². The fraction of sp³-hybridized carbons (Fsp3) is 0.391. The highest BCUT2D eigenvalue weighted by Crippen LogP contribution is 2.38. The molecule has 176 valence electrons.